The van der Waals surface area contributed by atoms with Gasteiger partial charge in [-0.05, 0) is 87.5 Å². The lowest BCUT2D eigenvalue weighted by molar-refractivity contribution is -0.110. The van der Waals surface area contributed by atoms with Crippen molar-refractivity contribution in [2.24, 2.45) is 5.92 Å². The van der Waals surface area contributed by atoms with Crippen molar-refractivity contribution in [1.82, 2.24) is 14.8 Å². The van der Waals surface area contributed by atoms with E-state index < -0.39 is 0 Å². The summed E-state index contributed by atoms with van der Waals surface area (Å²) in [4.78, 5) is 26.2. The lowest BCUT2D eigenvalue weighted by Gasteiger charge is -2.47. The van der Waals surface area contributed by atoms with E-state index >= 15 is 0 Å². The smallest absolute Gasteiger partial charge is 0.255 e. The molecule has 1 aromatic carbocycles. The first-order chi connectivity index (χ1) is 22.3. The van der Waals surface area contributed by atoms with Gasteiger partial charge in [0.2, 0.25) is 5.88 Å². The average Bonchev–Trinajstić information content (AvgIpc) is 3.68. The Kier molecular flexibility index (Phi) is 9.51. The lowest BCUT2D eigenvalue weighted by Crippen LogP contribution is -2.58. The fourth-order valence-corrected chi connectivity index (χ4v) is 9.55. The van der Waals surface area contributed by atoms with Crippen molar-refractivity contribution in [1.29, 1.82) is 0 Å². The highest BCUT2D eigenvalue weighted by molar-refractivity contribution is 7.12. The van der Waals surface area contributed by atoms with Crippen LogP contribution in [0.25, 0.3) is 0 Å². The molecule has 2 atom stereocenters. The number of aryl methyl sites for hydroxylation is 2. The molecule has 2 saturated heterocycles. The zero-order chi connectivity index (χ0) is 31.8. The van der Waals surface area contributed by atoms with Crippen LogP contribution in [-0.4, -0.2) is 71.8 Å². The largest absolute Gasteiger partial charge is 0.473 e. The van der Waals surface area contributed by atoms with Crippen molar-refractivity contribution in [3.63, 3.8) is 0 Å². The number of amides is 1. The molecule has 7 rings (SSSR count). The molecule has 5 heterocycles. The molecule has 1 aliphatic carbocycles. The highest BCUT2D eigenvalue weighted by Crippen LogP contribution is 2.44. The summed E-state index contributed by atoms with van der Waals surface area (Å²) >= 11 is 1.91. The Balaban J connectivity index is 0.975. The number of hydrogen-bond donors (Lipinski definition) is 0. The lowest BCUT2D eigenvalue weighted by atomic mass is 9.76. The number of thiophene rings is 1. The molecule has 7 nitrogen and oxygen atoms in total. The number of aromatic nitrogens is 1. The van der Waals surface area contributed by atoms with E-state index in [9.17, 15) is 4.79 Å². The quantitative estimate of drug-likeness (QED) is 0.237. The molecule has 4 aliphatic rings. The van der Waals surface area contributed by atoms with Gasteiger partial charge in [-0.25, -0.2) is 4.98 Å². The summed E-state index contributed by atoms with van der Waals surface area (Å²) in [5, 5.41) is 0. The molecule has 0 N–H and O–H groups in total. The van der Waals surface area contributed by atoms with Gasteiger partial charge in [0.25, 0.3) is 5.91 Å². The number of pyridine rings is 1. The van der Waals surface area contributed by atoms with Gasteiger partial charge in [-0.3, -0.25) is 9.69 Å². The Morgan fingerprint density at radius 1 is 1.04 bits per heavy atom. The molecule has 0 unspecified atom stereocenters. The van der Waals surface area contributed by atoms with Crippen molar-refractivity contribution in [3.05, 3.63) is 79.7 Å². The van der Waals surface area contributed by atoms with Crippen LogP contribution in [0.5, 0.6) is 5.88 Å². The van der Waals surface area contributed by atoms with Gasteiger partial charge in [0.1, 0.15) is 6.61 Å². The number of carbonyl (C=O) groups excluding carboxylic acids is 1. The monoisotopic (exact) mass is 643 g/mol. The van der Waals surface area contributed by atoms with E-state index in [1.54, 1.807) is 0 Å². The summed E-state index contributed by atoms with van der Waals surface area (Å²) in [6, 6.07) is 13.0. The van der Waals surface area contributed by atoms with E-state index in [2.05, 4.69) is 43.9 Å². The van der Waals surface area contributed by atoms with Crippen LogP contribution >= 0.6 is 11.3 Å². The molecule has 1 saturated carbocycles. The van der Waals surface area contributed by atoms with Crippen molar-refractivity contribution in [2.75, 3.05) is 32.8 Å². The first-order valence-corrected chi connectivity index (χ1v) is 18.2. The van der Waals surface area contributed by atoms with Gasteiger partial charge in [-0.2, -0.15) is 0 Å². The summed E-state index contributed by atoms with van der Waals surface area (Å²) < 4.78 is 18.0. The Morgan fingerprint density at radius 2 is 1.83 bits per heavy atom. The summed E-state index contributed by atoms with van der Waals surface area (Å²) in [5.41, 5.74) is 6.31. The van der Waals surface area contributed by atoms with Crippen molar-refractivity contribution < 1.29 is 19.0 Å². The molecule has 1 amide bonds. The minimum absolute atomic E-state index is 0.157. The molecule has 46 heavy (non-hydrogen) atoms. The molecule has 3 aromatic rings. The standard InChI is InChI=1S/C38H49N3O4S/c1-24-18-25(2)39-37(44-22-28-8-6-5-7-9-28)33(24)21-40-16-14-34-35(38(40)42)27(4)36(46-34)26(3)29-10-12-30(13-11-29)41-19-32(20-41)45-31-15-17-43-23-31/h5-9,18,26,29-32H,10-17,19-23H2,1-4H3/t26-,29-,30-,31+/m1/s1. The Morgan fingerprint density at radius 3 is 2.57 bits per heavy atom. The zero-order valence-corrected chi connectivity index (χ0v) is 28.7. The Bertz CT molecular complexity index is 1520. The minimum atomic E-state index is 0.157. The van der Waals surface area contributed by atoms with Gasteiger partial charge in [-0.1, -0.05) is 37.3 Å². The maximum atomic E-state index is 14.1. The summed E-state index contributed by atoms with van der Waals surface area (Å²) in [7, 11) is 0. The van der Waals surface area contributed by atoms with E-state index in [1.165, 1.54) is 41.0 Å². The van der Waals surface area contributed by atoms with E-state index in [0.29, 0.717) is 49.1 Å². The molecule has 8 heteroatoms. The molecule has 0 radical (unpaired) electrons. The van der Waals surface area contributed by atoms with Crippen LogP contribution in [0, 0.1) is 26.7 Å². The summed E-state index contributed by atoms with van der Waals surface area (Å²) in [6.07, 6.45) is 7.71. The molecular formula is C38H49N3O4S. The second-order valence-electron chi connectivity index (χ2n) is 14.1. The highest BCUT2D eigenvalue weighted by Gasteiger charge is 2.39. The van der Waals surface area contributed by atoms with Crippen LogP contribution in [0.4, 0.5) is 0 Å². The Hall–Kier alpha value is -2.78. The first-order valence-electron chi connectivity index (χ1n) is 17.4. The number of hydrogen-bond acceptors (Lipinski definition) is 7. The zero-order valence-electron chi connectivity index (χ0n) is 27.9. The van der Waals surface area contributed by atoms with Crippen molar-refractivity contribution in [3.8, 4) is 5.88 Å². The third-order valence-electron chi connectivity index (χ3n) is 10.9. The third kappa shape index (κ3) is 6.64. The van der Waals surface area contributed by atoms with Crippen LogP contribution < -0.4 is 4.74 Å². The summed E-state index contributed by atoms with van der Waals surface area (Å²) in [6.45, 7) is 14.2. The molecule has 3 aliphatic heterocycles. The normalized spacial score (nSPS) is 24.6. The SMILES string of the molecule is Cc1cc(C)c(CN2CCc3sc([C@H](C)[C@H]4CC[C@H](N5CC(O[C@H]6CCOC6)C5)CC4)c(C)c3C2=O)c(OCc2ccccc2)n1. The van der Waals surface area contributed by atoms with E-state index in [1.807, 2.05) is 41.4 Å². The van der Waals surface area contributed by atoms with Gasteiger partial charge in [0, 0.05) is 59.7 Å². The molecular weight excluding hydrogens is 595 g/mol. The average molecular weight is 644 g/mol. The number of rotatable bonds is 10. The number of benzene rings is 1. The second kappa shape index (κ2) is 13.8. The van der Waals surface area contributed by atoms with Gasteiger partial charge >= 0.3 is 0 Å². The Labute approximate surface area is 278 Å². The van der Waals surface area contributed by atoms with Crippen molar-refractivity contribution >= 4 is 17.2 Å². The van der Waals surface area contributed by atoms with Crippen LogP contribution in [0.1, 0.15) is 93.0 Å². The predicted molar refractivity (Wildman–Crippen MR) is 182 cm³/mol. The molecule has 2 aromatic heterocycles. The van der Waals surface area contributed by atoms with Crippen LogP contribution in [0.2, 0.25) is 0 Å². The fourth-order valence-electron chi connectivity index (χ4n) is 8.11. The molecule has 0 bridgehead atoms. The molecule has 246 valence electrons. The second-order valence-corrected chi connectivity index (χ2v) is 15.2. The molecule has 3 fully saturated rings. The molecule has 0 spiro atoms. The number of ether oxygens (including phenoxy) is 3. The number of likely N-dealkylation sites (tertiary alicyclic amines) is 1. The first kappa shape index (κ1) is 31.8. The summed E-state index contributed by atoms with van der Waals surface area (Å²) in [5.74, 6) is 1.95. The van der Waals surface area contributed by atoms with Gasteiger partial charge in [0.15, 0.2) is 0 Å². The van der Waals surface area contributed by atoms with Gasteiger partial charge < -0.3 is 19.1 Å². The number of nitrogens with zero attached hydrogens (tertiary/aromatic N) is 3. The van der Waals surface area contributed by atoms with E-state index in [-0.39, 0.29) is 5.91 Å². The van der Waals surface area contributed by atoms with Crippen LogP contribution in [0.3, 0.4) is 0 Å². The highest BCUT2D eigenvalue weighted by atomic mass is 32.1. The van der Waals surface area contributed by atoms with E-state index in [4.69, 9.17) is 19.2 Å². The predicted octanol–water partition coefficient (Wildman–Crippen LogP) is 7.00. The minimum Gasteiger partial charge on any atom is -0.473 e. The topological polar surface area (TPSA) is 64.1 Å². The maximum Gasteiger partial charge on any atom is 0.255 e. The third-order valence-corrected chi connectivity index (χ3v) is 12.5. The van der Waals surface area contributed by atoms with Gasteiger partial charge in [0.05, 0.1) is 30.9 Å². The maximum absolute atomic E-state index is 14.1. The van der Waals surface area contributed by atoms with E-state index in [0.717, 1.165) is 73.6 Å². The van der Waals surface area contributed by atoms with Crippen LogP contribution in [-0.2, 0) is 29.0 Å². The number of fused-ring (bicyclic) bond motifs is 1. The number of carbonyl (C=O) groups is 1. The van der Waals surface area contributed by atoms with Crippen molar-refractivity contribution in [2.45, 2.75) is 104 Å². The fraction of sp³-hybridized carbons (Fsp3) is 0.579. The van der Waals surface area contributed by atoms with Gasteiger partial charge in [-0.15, -0.1) is 11.3 Å². The van der Waals surface area contributed by atoms with Crippen LogP contribution in [0.15, 0.2) is 36.4 Å².